The molecule has 1 aliphatic rings. The summed E-state index contributed by atoms with van der Waals surface area (Å²) in [4.78, 5) is 0. The number of halogens is 3. The van der Waals surface area contributed by atoms with Gasteiger partial charge in [0, 0.05) is 12.3 Å². The molecule has 2 rings (SSSR count). The number of rotatable bonds is 3. The minimum atomic E-state index is -2.83. The molecule has 0 spiro atoms. The van der Waals surface area contributed by atoms with Gasteiger partial charge >= 0.3 is 0 Å². The fourth-order valence-corrected chi connectivity index (χ4v) is 2.48. The lowest BCUT2D eigenvalue weighted by Crippen LogP contribution is -2.32. The molecular weight excluding hydrogens is 239 g/mol. The van der Waals surface area contributed by atoms with Gasteiger partial charge in [-0.05, 0) is 44.0 Å². The predicted molar refractivity (Wildman–Crippen MR) is 65.3 cm³/mol. The quantitative estimate of drug-likeness (QED) is 0.875. The van der Waals surface area contributed by atoms with E-state index in [1.807, 2.05) is 0 Å². The van der Waals surface area contributed by atoms with E-state index in [1.54, 1.807) is 6.07 Å². The molecule has 1 nitrogen and oxygen atoms in total. The molecule has 4 heteroatoms. The molecule has 1 atom stereocenters. The summed E-state index contributed by atoms with van der Waals surface area (Å²) in [5.74, 6) is -4.01. The Labute approximate surface area is 105 Å². The number of hydrogen-bond donors (Lipinski definition) is 1. The molecule has 0 saturated carbocycles. The maximum atomic E-state index is 14.2. The van der Waals surface area contributed by atoms with Crippen LogP contribution in [0.3, 0.4) is 0 Å². The number of nitrogens with one attached hydrogen (secondary N) is 1. The molecule has 0 amide bonds. The van der Waals surface area contributed by atoms with Gasteiger partial charge in [-0.25, -0.2) is 13.2 Å². The van der Waals surface area contributed by atoms with Crippen LogP contribution in [0.15, 0.2) is 24.3 Å². The Morgan fingerprint density at radius 3 is 2.72 bits per heavy atom. The zero-order chi connectivity index (χ0) is 13.0. The van der Waals surface area contributed by atoms with E-state index in [1.165, 1.54) is 18.2 Å². The van der Waals surface area contributed by atoms with Crippen molar-refractivity contribution < 1.29 is 13.2 Å². The van der Waals surface area contributed by atoms with Crippen molar-refractivity contribution >= 4 is 0 Å². The average molecular weight is 257 g/mol. The van der Waals surface area contributed by atoms with Crippen LogP contribution >= 0.6 is 0 Å². The van der Waals surface area contributed by atoms with Crippen LogP contribution in [0.1, 0.15) is 24.8 Å². The van der Waals surface area contributed by atoms with E-state index in [0.717, 1.165) is 13.0 Å². The third kappa shape index (κ3) is 3.25. The van der Waals surface area contributed by atoms with Crippen LogP contribution in [0.5, 0.6) is 0 Å². The predicted octanol–water partition coefficient (Wildman–Crippen LogP) is 3.39. The Balaban J connectivity index is 2.08. The normalized spacial score (nSPS) is 21.6. The van der Waals surface area contributed by atoms with Crippen molar-refractivity contribution in [2.24, 2.45) is 5.92 Å². The number of alkyl halides is 2. The minimum Gasteiger partial charge on any atom is -0.317 e. The Kier molecular flexibility index (Phi) is 4.27. The average Bonchev–Trinajstić information content (AvgIpc) is 2.61. The van der Waals surface area contributed by atoms with Crippen molar-refractivity contribution in [3.8, 4) is 0 Å². The SMILES string of the molecule is Fc1ccccc1CC(F)(F)C1CCCNCC1. The molecule has 1 N–H and O–H groups in total. The first kappa shape index (κ1) is 13.4. The largest absolute Gasteiger partial charge is 0.317 e. The smallest absolute Gasteiger partial charge is 0.255 e. The summed E-state index contributed by atoms with van der Waals surface area (Å²) in [6.07, 6.45) is 1.23. The Morgan fingerprint density at radius 1 is 1.17 bits per heavy atom. The zero-order valence-electron chi connectivity index (χ0n) is 10.3. The van der Waals surface area contributed by atoms with Crippen molar-refractivity contribution in [1.82, 2.24) is 5.32 Å². The maximum absolute atomic E-state index is 14.2. The molecule has 1 aromatic carbocycles. The zero-order valence-corrected chi connectivity index (χ0v) is 10.3. The summed E-state index contributed by atoms with van der Waals surface area (Å²) < 4.78 is 41.7. The third-order valence-corrected chi connectivity index (χ3v) is 3.56. The summed E-state index contributed by atoms with van der Waals surface area (Å²) in [5.41, 5.74) is 0.111. The van der Waals surface area contributed by atoms with Gasteiger partial charge in [0.2, 0.25) is 0 Å². The number of benzene rings is 1. The molecule has 1 aliphatic heterocycles. The van der Waals surface area contributed by atoms with Crippen LogP contribution in [0, 0.1) is 11.7 Å². The van der Waals surface area contributed by atoms with Crippen molar-refractivity contribution in [3.63, 3.8) is 0 Å². The Hall–Kier alpha value is -1.03. The second-order valence-electron chi connectivity index (χ2n) is 4.91. The van der Waals surface area contributed by atoms with E-state index in [-0.39, 0.29) is 5.56 Å². The summed E-state index contributed by atoms with van der Waals surface area (Å²) in [6, 6.07) is 5.80. The van der Waals surface area contributed by atoms with Gasteiger partial charge in [0.05, 0.1) is 0 Å². The Morgan fingerprint density at radius 2 is 1.94 bits per heavy atom. The van der Waals surface area contributed by atoms with Gasteiger partial charge in [-0.3, -0.25) is 0 Å². The van der Waals surface area contributed by atoms with E-state index < -0.39 is 24.1 Å². The summed E-state index contributed by atoms with van der Waals surface area (Å²) in [7, 11) is 0. The lowest BCUT2D eigenvalue weighted by molar-refractivity contribution is -0.0622. The second-order valence-corrected chi connectivity index (χ2v) is 4.91. The van der Waals surface area contributed by atoms with E-state index in [0.29, 0.717) is 19.4 Å². The summed E-state index contributed by atoms with van der Waals surface area (Å²) >= 11 is 0. The van der Waals surface area contributed by atoms with E-state index in [2.05, 4.69) is 5.32 Å². The van der Waals surface area contributed by atoms with Gasteiger partial charge in [-0.15, -0.1) is 0 Å². The molecule has 1 saturated heterocycles. The fourth-order valence-electron chi connectivity index (χ4n) is 2.48. The maximum Gasteiger partial charge on any atom is 0.255 e. The first-order chi connectivity index (χ1) is 8.59. The summed E-state index contributed by atoms with van der Waals surface area (Å²) in [6.45, 7) is 1.42. The van der Waals surface area contributed by atoms with Crippen LogP contribution in [-0.2, 0) is 6.42 Å². The van der Waals surface area contributed by atoms with E-state index in [4.69, 9.17) is 0 Å². The molecular formula is C14H18F3N. The lowest BCUT2D eigenvalue weighted by atomic mass is 9.89. The topological polar surface area (TPSA) is 12.0 Å². The van der Waals surface area contributed by atoms with Gasteiger partial charge in [0.15, 0.2) is 0 Å². The third-order valence-electron chi connectivity index (χ3n) is 3.56. The van der Waals surface area contributed by atoms with Gasteiger partial charge in [-0.2, -0.15) is 0 Å². The lowest BCUT2D eigenvalue weighted by Gasteiger charge is -2.26. The van der Waals surface area contributed by atoms with Gasteiger partial charge in [0.1, 0.15) is 5.82 Å². The molecule has 1 aromatic rings. The van der Waals surface area contributed by atoms with Crippen LogP contribution in [0.4, 0.5) is 13.2 Å². The van der Waals surface area contributed by atoms with Crippen LogP contribution in [-0.4, -0.2) is 19.0 Å². The highest BCUT2D eigenvalue weighted by Crippen LogP contribution is 2.35. The van der Waals surface area contributed by atoms with E-state index >= 15 is 0 Å². The van der Waals surface area contributed by atoms with E-state index in [9.17, 15) is 13.2 Å². The molecule has 1 fully saturated rings. The molecule has 18 heavy (non-hydrogen) atoms. The van der Waals surface area contributed by atoms with Crippen molar-refractivity contribution in [2.75, 3.05) is 13.1 Å². The standard InChI is InChI=1S/C14H18F3N/c15-13-6-2-1-4-11(13)10-14(16,17)12-5-3-8-18-9-7-12/h1-2,4,6,12,18H,3,5,7-10H2. The van der Waals surface area contributed by atoms with Gasteiger partial charge < -0.3 is 5.32 Å². The first-order valence-electron chi connectivity index (χ1n) is 6.41. The van der Waals surface area contributed by atoms with Crippen LogP contribution < -0.4 is 5.32 Å². The van der Waals surface area contributed by atoms with Crippen molar-refractivity contribution in [1.29, 1.82) is 0 Å². The highest BCUT2D eigenvalue weighted by molar-refractivity contribution is 5.19. The second kappa shape index (κ2) is 5.74. The van der Waals surface area contributed by atoms with Crippen molar-refractivity contribution in [3.05, 3.63) is 35.6 Å². The molecule has 1 unspecified atom stereocenters. The molecule has 100 valence electrons. The minimum absolute atomic E-state index is 0.111. The van der Waals surface area contributed by atoms with Crippen LogP contribution in [0.25, 0.3) is 0 Å². The Bertz CT molecular complexity index is 384. The fraction of sp³-hybridized carbons (Fsp3) is 0.571. The molecule has 0 aromatic heterocycles. The van der Waals surface area contributed by atoms with Crippen LogP contribution in [0.2, 0.25) is 0 Å². The first-order valence-corrected chi connectivity index (χ1v) is 6.41. The monoisotopic (exact) mass is 257 g/mol. The van der Waals surface area contributed by atoms with Gasteiger partial charge in [-0.1, -0.05) is 18.2 Å². The molecule has 0 radical (unpaired) electrons. The number of hydrogen-bond acceptors (Lipinski definition) is 1. The molecule has 0 bridgehead atoms. The molecule has 0 aliphatic carbocycles. The summed E-state index contributed by atoms with van der Waals surface area (Å²) in [5, 5.41) is 3.12. The molecule has 1 heterocycles. The van der Waals surface area contributed by atoms with Crippen molar-refractivity contribution in [2.45, 2.75) is 31.6 Å². The highest BCUT2D eigenvalue weighted by Gasteiger charge is 2.39. The highest BCUT2D eigenvalue weighted by atomic mass is 19.3. The van der Waals surface area contributed by atoms with Gasteiger partial charge in [0.25, 0.3) is 5.92 Å².